The van der Waals surface area contributed by atoms with Gasteiger partial charge < -0.3 is 25.4 Å². The minimum absolute atomic E-state index is 0.0114. The van der Waals surface area contributed by atoms with Crippen molar-refractivity contribution in [2.45, 2.75) is 82.0 Å². The molecule has 41 heavy (non-hydrogen) atoms. The minimum atomic E-state index is -0.583. The number of thioether (sulfide) groups is 1. The molecule has 3 aromatic rings. The van der Waals surface area contributed by atoms with E-state index in [1.807, 2.05) is 45.0 Å². The summed E-state index contributed by atoms with van der Waals surface area (Å²) in [7, 11) is 1.60. The molecular weight excluding hydrogens is 540 g/mol. The predicted molar refractivity (Wildman–Crippen MR) is 159 cm³/mol. The monoisotopic (exact) mass is 578 g/mol. The molecule has 0 bridgehead atoms. The van der Waals surface area contributed by atoms with E-state index in [4.69, 9.17) is 9.47 Å². The van der Waals surface area contributed by atoms with Crippen LogP contribution in [0.1, 0.15) is 57.7 Å². The van der Waals surface area contributed by atoms with Gasteiger partial charge in [-0.05, 0) is 88.6 Å². The summed E-state index contributed by atoms with van der Waals surface area (Å²) in [4.78, 5) is 39.4. The van der Waals surface area contributed by atoms with Gasteiger partial charge in [-0.2, -0.15) is 0 Å². The van der Waals surface area contributed by atoms with Crippen LogP contribution in [0.15, 0.2) is 41.4 Å². The van der Waals surface area contributed by atoms with Crippen molar-refractivity contribution in [2.75, 3.05) is 18.2 Å². The predicted octanol–water partition coefficient (Wildman–Crippen LogP) is 4.86. The number of hydrogen-bond donors (Lipinski definition) is 3. The van der Waals surface area contributed by atoms with Gasteiger partial charge >= 0.3 is 6.09 Å². The van der Waals surface area contributed by atoms with Crippen LogP contribution in [0.25, 0.3) is 11.0 Å². The lowest BCUT2D eigenvalue weighted by Crippen LogP contribution is -2.46. The maximum atomic E-state index is 12.9. The number of pyridine rings is 3. The minimum Gasteiger partial charge on any atom is -0.481 e. The summed E-state index contributed by atoms with van der Waals surface area (Å²) in [6.07, 6.45) is 5.88. The van der Waals surface area contributed by atoms with E-state index in [1.54, 1.807) is 19.4 Å². The molecule has 1 fully saturated rings. The number of rotatable bonds is 8. The van der Waals surface area contributed by atoms with Gasteiger partial charge in [0.1, 0.15) is 11.4 Å². The lowest BCUT2D eigenvalue weighted by Gasteiger charge is -2.35. The van der Waals surface area contributed by atoms with Gasteiger partial charge in [-0.15, -0.1) is 11.8 Å². The Bertz CT molecular complexity index is 1400. The summed E-state index contributed by atoms with van der Waals surface area (Å²) < 4.78 is 11.0. The van der Waals surface area contributed by atoms with E-state index in [1.165, 1.54) is 11.8 Å². The maximum absolute atomic E-state index is 12.9. The molecule has 1 aliphatic heterocycles. The van der Waals surface area contributed by atoms with Gasteiger partial charge in [0, 0.05) is 30.9 Å². The van der Waals surface area contributed by atoms with Crippen molar-refractivity contribution in [3.63, 3.8) is 0 Å². The molecule has 2 aliphatic rings. The smallest absolute Gasteiger partial charge is 0.407 e. The summed E-state index contributed by atoms with van der Waals surface area (Å²) >= 11 is 1.52. The number of anilines is 1. The molecule has 0 radical (unpaired) electrons. The van der Waals surface area contributed by atoms with Crippen molar-refractivity contribution in [2.24, 2.45) is 5.92 Å². The first-order valence-electron chi connectivity index (χ1n) is 14.1. The SMILES string of the molecule is COc1ccc2nccc(C[C@H](NC(=O)OC(C)(C)C)C3CCC(NCc4ccc5c(n4)NC(=O)CS5)CC3)c2n1. The van der Waals surface area contributed by atoms with Crippen LogP contribution >= 0.6 is 11.8 Å². The average Bonchev–Trinajstić information content (AvgIpc) is 2.94. The van der Waals surface area contributed by atoms with Gasteiger partial charge in [-0.3, -0.25) is 9.78 Å². The highest BCUT2D eigenvalue weighted by atomic mass is 32.2. The third kappa shape index (κ3) is 7.65. The number of nitrogens with one attached hydrogen (secondary N) is 3. The van der Waals surface area contributed by atoms with Gasteiger partial charge in [0.25, 0.3) is 0 Å². The molecule has 4 heterocycles. The quantitative estimate of drug-likeness (QED) is 0.343. The molecule has 0 spiro atoms. The fourth-order valence-corrected chi connectivity index (χ4v) is 6.20. The Kier molecular flexibility index (Phi) is 8.94. The highest BCUT2D eigenvalue weighted by molar-refractivity contribution is 8.00. The second-order valence-electron chi connectivity index (χ2n) is 11.6. The van der Waals surface area contributed by atoms with Crippen LogP contribution in [-0.2, 0) is 22.5 Å². The van der Waals surface area contributed by atoms with E-state index >= 15 is 0 Å². The molecule has 1 atom stereocenters. The highest BCUT2D eigenvalue weighted by Gasteiger charge is 2.31. The molecule has 3 aromatic heterocycles. The molecule has 0 unspecified atom stereocenters. The molecule has 11 heteroatoms. The van der Waals surface area contributed by atoms with Gasteiger partial charge in [-0.1, -0.05) is 0 Å². The summed E-state index contributed by atoms with van der Waals surface area (Å²) in [5.41, 5.74) is 2.91. The first-order valence-corrected chi connectivity index (χ1v) is 15.1. The molecule has 2 amide bonds. The lowest BCUT2D eigenvalue weighted by molar-refractivity contribution is -0.113. The van der Waals surface area contributed by atoms with Crippen LogP contribution in [0.4, 0.5) is 10.6 Å². The number of carbonyl (C=O) groups is 2. The number of aromatic nitrogens is 3. The number of methoxy groups -OCH3 is 1. The molecule has 1 aliphatic carbocycles. The summed E-state index contributed by atoms with van der Waals surface area (Å²) in [6.45, 7) is 6.25. The Hall–Kier alpha value is -3.44. The normalized spacial score (nSPS) is 19.7. The zero-order valence-corrected chi connectivity index (χ0v) is 24.8. The van der Waals surface area contributed by atoms with Gasteiger partial charge in [0.15, 0.2) is 0 Å². The van der Waals surface area contributed by atoms with Crippen LogP contribution in [0, 0.1) is 5.92 Å². The number of ether oxygens (including phenoxy) is 2. The van der Waals surface area contributed by atoms with E-state index in [2.05, 4.69) is 30.9 Å². The second-order valence-corrected chi connectivity index (χ2v) is 12.6. The van der Waals surface area contributed by atoms with Gasteiger partial charge in [0.05, 0.1) is 34.5 Å². The van der Waals surface area contributed by atoms with E-state index in [9.17, 15) is 9.59 Å². The number of hydrogen-bond acceptors (Lipinski definition) is 9. The Balaban J connectivity index is 1.25. The Morgan fingerprint density at radius 2 is 1.93 bits per heavy atom. The van der Waals surface area contributed by atoms with Crippen LogP contribution in [0.5, 0.6) is 5.88 Å². The second kappa shape index (κ2) is 12.6. The number of carbonyl (C=O) groups excluding carboxylic acids is 2. The zero-order chi connectivity index (χ0) is 29.0. The van der Waals surface area contributed by atoms with Gasteiger partial charge in [0.2, 0.25) is 11.8 Å². The average molecular weight is 579 g/mol. The third-order valence-electron chi connectivity index (χ3n) is 7.44. The molecule has 5 rings (SSSR count). The molecule has 0 saturated heterocycles. The molecule has 218 valence electrons. The molecule has 3 N–H and O–H groups in total. The largest absolute Gasteiger partial charge is 0.481 e. The Morgan fingerprint density at radius 3 is 2.68 bits per heavy atom. The molecular formula is C30H38N6O4S. The Morgan fingerprint density at radius 1 is 1.12 bits per heavy atom. The highest BCUT2D eigenvalue weighted by Crippen LogP contribution is 2.32. The topological polar surface area (TPSA) is 127 Å². The lowest BCUT2D eigenvalue weighted by atomic mass is 9.79. The van der Waals surface area contributed by atoms with Crippen LogP contribution in [0.3, 0.4) is 0 Å². The van der Waals surface area contributed by atoms with Crippen molar-refractivity contribution in [3.8, 4) is 5.88 Å². The number of alkyl carbamates (subject to hydrolysis) is 1. The van der Waals surface area contributed by atoms with Gasteiger partial charge in [-0.25, -0.2) is 14.8 Å². The zero-order valence-electron chi connectivity index (χ0n) is 24.0. The fraction of sp³-hybridized carbons (Fsp3) is 0.500. The van der Waals surface area contributed by atoms with E-state index < -0.39 is 11.7 Å². The standard InChI is InChI=1S/C30H38N6O4S/c1-30(2,3)40-29(38)34-23(15-19-13-14-31-22-10-12-26(39-4)36-27(19)22)18-5-7-20(8-6-18)32-16-21-9-11-24-28(33-21)35-25(37)17-41-24/h9-14,18,20,23,32H,5-8,15-17H2,1-4H3,(H,34,38)(H,33,35,37)/t18?,20?,23-/m0/s1. The van der Waals surface area contributed by atoms with Crippen LogP contribution in [-0.4, -0.2) is 57.5 Å². The summed E-state index contributed by atoms with van der Waals surface area (Å²) in [6, 6.07) is 9.96. The summed E-state index contributed by atoms with van der Waals surface area (Å²) in [5.74, 6) is 1.89. The van der Waals surface area contributed by atoms with E-state index in [0.717, 1.165) is 52.9 Å². The first kappa shape index (κ1) is 29.1. The third-order valence-corrected chi connectivity index (χ3v) is 8.49. The van der Waals surface area contributed by atoms with Crippen LogP contribution < -0.4 is 20.7 Å². The molecule has 1 saturated carbocycles. The first-order chi connectivity index (χ1) is 19.7. The van der Waals surface area contributed by atoms with E-state index in [0.29, 0.717) is 36.5 Å². The molecule has 10 nitrogen and oxygen atoms in total. The fourth-order valence-electron chi connectivity index (χ4n) is 5.45. The van der Waals surface area contributed by atoms with Crippen molar-refractivity contribution in [1.82, 2.24) is 25.6 Å². The number of nitrogens with zero attached hydrogens (tertiary/aromatic N) is 3. The van der Waals surface area contributed by atoms with E-state index in [-0.39, 0.29) is 17.9 Å². The summed E-state index contributed by atoms with van der Waals surface area (Å²) in [5, 5.41) is 9.70. The van der Waals surface area contributed by atoms with Crippen LogP contribution in [0.2, 0.25) is 0 Å². The van der Waals surface area contributed by atoms with Crippen molar-refractivity contribution < 1.29 is 19.1 Å². The van der Waals surface area contributed by atoms with Crippen molar-refractivity contribution in [1.29, 1.82) is 0 Å². The van der Waals surface area contributed by atoms with Crippen molar-refractivity contribution in [3.05, 3.63) is 47.8 Å². The van der Waals surface area contributed by atoms with Crippen molar-refractivity contribution >= 4 is 40.6 Å². The maximum Gasteiger partial charge on any atom is 0.407 e. The number of fused-ring (bicyclic) bond motifs is 2. The molecule has 0 aromatic carbocycles. The Labute approximate surface area is 244 Å². The number of amides is 2.